The van der Waals surface area contributed by atoms with Gasteiger partial charge in [0.2, 0.25) is 15.9 Å². The first-order chi connectivity index (χ1) is 15.7. The van der Waals surface area contributed by atoms with Gasteiger partial charge in [0.1, 0.15) is 0 Å². The van der Waals surface area contributed by atoms with Crippen molar-refractivity contribution in [1.82, 2.24) is 14.1 Å². The van der Waals surface area contributed by atoms with Crippen LogP contribution in [0.1, 0.15) is 44.6 Å². The Hall–Kier alpha value is -0.610. The van der Waals surface area contributed by atoms with Crippen LogP contribution in [-0.2, 0) is 21.2 Å². The van der Waals surface area contributed by atoms with Crippen molar-refractivity contribution in [2.24, 2.45) is 11.7 Å². The third kappa shape index (κ3) is 9.33. The van der Waals surface area contributed by atoms with Gasteiger partial charge in [0, 0.05) is 50.3 Å². The van der Waals surface area contributed by atoms with Crippen LogP contribution in [0.15, 0.2) is 24.3 Å². The summed E-state index contributed by atoms with van der Waals surface area (Å²) in [5, 5.41) is 0.666. The van der Waals surface area contributed by atoms with E-state index in [1.807, 2.05) is 36.1 Å². The maximum atomic E-state index is 13.0. The number of amides is 1. The van der Waals surface area contributed by atoms with E-state index in [0.29, 0.717) is 43.5 Å². The predicted molar refractivity (Wildman–Crippen MR) is 148 cm³/mol. The Morgan fingerprint density at radius 2 is 1.66 bits per heavy atom. The summed E-state index contributed by atoms with van der Waals surface area (Å²) in [6.07, 6.45) is 7.77. The molecule has 1 saturated carbocycles. The second-order valence-electron chi connectivity index (χ2n) is 9.48. The van der Waals surface area contributed by atoms with Gasteiger partial charge in [0.15, 0.2) is 0 Å². The zero-order valence-electron chi connectivity index (χ0n) is 20.8. The van der Waals surface area contributed by atoms with E-state index in [0.717, 1.165) is 31.5 Å². The minimum absolute atomic E-state index is 0. The van der Waals surface area contributed by atoms with E-state index in [1.165, 1.54) is 25.5 Å². The summed E-state index contributed by atoms with van der Waals surface area (Å²) in [6.45, 7) is 5.67. The lowest BCUT2D eigenvalue weighted by Gasteiger charge is -2.45. The number of nitrogens with zero attached hydrogens (tertiary/aromatic N) is 3. The number of rotatable bonds is 9. The van der Waals surface area contributed by atoms with E-state index in [-0.39, 0.29) is 36.8 Å². The largest absolute Gasteiger partial charge is 0.339 e. The summed E-state index contributed by atoms with van der Waals surface area (Å²) >= 11 is 5.95. The molecule has 1 amide bonds. The monoisotopic (exact) mass is 570 g/mol. The molecule has 0 bridgehead atoms. The Bertz CT molecular complexity index is 875. The summed E-state index contributed by atoms with van der Waals surface area (Å²) in [7, 11) is -3.24. The maximum absolute atomic E-state index is 13.0. The molecule has 35 heavy (non-hydrogen) atoms. The van der Waals surface area contributed by atoms with Gasteiger partial charge in [0.05, 0.1) is 12.3 Å². The number of likely N-dealkylation sites (N-methyl/N-ethyl adjacent to an activating group) is 1. The van der Waals surface area contributed by atoms with Gasteiger partial charge in [-0.05, 0) is 42.9 Å². The van der Waals surface area contributed by atoms with Gasteiger partial charge in [0.25, 0.3) is 0 Å². The molecule has 0 radical (unpaired) electrons. The molecule has 2 fully saturated rings. The number of sulfonamides is 1. The molecule has 1 heterocycles. The molecule has 1 aromatic rings. The normalized spacial score (nSPS) is 19.5. The van der Waals surface area contributed by atoms with Crippen LogP contribution in [0.5, 0.6) is 0 Å². The molecule has 1 aliphatic carbocycles. The van der Waals surface area contributed by atoms with Crippen molar-refractivity contribution < 1.29 is 13.2 Å². The van der Waals surface area contributed by atoms with Gasteiger partial charge in [-0.15, -0.1) is 24.8 Å². The zero-order valence-corrected chi connectivity index (χ0v) is 24.0. The van der Waals surface area contributed by atoms with Gasteiger partial charge in [-0.2, -0.15) is 0 Å². The van der Waals surface area contributed by atoms with Crippen molar-refractivity contribution in [2.45, 2.75) is 57.5 Å². The number of nitrogens with two attached hydrogens (primary N) is 1. The van der Waals surface area contributed by atoms with Crippen LogP contribution >= 0.6 is 36.4 Å². The molecule has 202 valence electrons. The van der Waals surface area contributed by atoms with Crippen molar-refractivity contribution in [3.05, 3.63) is 34.9 Å². The molecule has 2 atom stereocenters. The summed E-state index contributed by atoms with van der Waals surface area (Å²) in [6, 6.07) is 7.06. The SMILES string of the molecule is CCN(CC(C1CCCCC1)N1CCN(C(=O)C(N)Cc2ccc(Cl)cc2)CC1)S(C)(=O)=O.Cl.Cl. The predicted octanol–water partition coefficient (Wildman–Crippen LogP) is 3.43. The first-order valence-corrected chi connectivity index (χ1v) is 14.4. The first kappa shape index (κ1) is 32.4. The van der Waals surface area contributed by atoms with Crippen molar-refractivity contribution in [1.29, 1.82) is 0 Å². The Balaban J connectivity index is 0.00000306. The van der Waals surface area contributed by atoms with Crippen molar-refractivity contribution >= 4 is 52.3 Å². The fourth-order valence-electron chi connectivity index (χ4n) is 5.26. The highest BCUT2D eigenvalue weighted by Gasteiger charge is 2.35. The van der Waals surface area contributed by atoms with Crippen LogP contribution < -0.4 is 5.73 Å². The maximum Gasteiger partial charge on any atom is 0.239 e. The summed E-state index contributed by atoms with van der Waals surface area (Å²) in [5.74, 6) is 0.481. The van der Waals surface area contributed by atoms with Crippen LogP contribution in [0.4, 0.5) is 0 Å². The molecule has 7 nitrogen and oxygen atoms in total. The number of benzene rings is 1. The molecule has 1 aliphatic heterocycles. The third-order valence-corrected chi connectivity index (χ3v) is 8.78. The third-order valence-electron chi connectivity index (χ3n) is 7.19. The fraction of sp³-hybridized carbons (Fsp3) is 0.708. The molecular formula is C24H41Cl3N4O3S. The molecule has 0 aromatic heterocycles. The van der Waals surface area contributed by atoms with Crippen molar-refractivity contribution in [2.75, 3.05) is 45.5 Å². The lowest BCUT2D eigenvalue weighted by Crippen LogP contribution is -2.59. The minimum Gasteiger partial charge on any atom is -0.339 e. The zero-order chi connectivity index (χ0) is 24.0. The molecule has 3 rings (SSSR count). The number of carbonyl (C=O) groups excluding carboxylic acids is 1. The lowest BCUT2D eigenvalue weighted by atomic mass is 9.83. The lowest BCUT2D eigenvalue weighted by molar-refractivity contribution is -0.134. The fourth-order valence-corrected chi connectivity index (χ4v) is 6.28. The summed E-state index contributed by atoms with van der Waals surface area (Å²) < 4.78 is 26.2. The van der Waals surface area contributed by atoms with Gasteiger partial charge < -0.3 is 10.6 Å². The van der Waals surface area contributed by atoms with Crippen LogP contribution in [0.25, 0.3) is 0 Å². The van der Waals surface area contributed by atoms with E-state index in [1.54, 1.807) is 4.31 Å². The Morgan fingerprint density at radius 3 is 2.17 bits per heavy atom. The average molecular weight is 572 g/mol. The number of carbonyl (C=O) groups is 1. The molecule has 2 N–H and O–H groups in total. The molecule has 2 unspecified atom stereocenters. The van der Waals surface area contributed by atoms with E-state index < -0.39 is 16.1 Å². The van der Waals surface area contributed by atoms with Crippen molar-refractivity contribution in [3.63, 3.8) is 0 Å². The van der Waals surface area contributed by atoms with Gasteiger partial charge in [-0.3, -0.25) is 9.69 Å². The molecule has 0 spiro atoms. The van der Waals surface area contributed by atoms with Crippen LogP contribution in [0.3, 0.4) is 0 Å². The van der Waals surface area contributed by atoms with Gasteiger partial charge in [-0.25, -0.2) is 12.7 Å². The molecule has 2 aliphatic rings. The van der Waals surface area contributed by atoms with E-state index in [4.69, 9.17) is 17.3 Å². The standard InChI is InChI=1S/C24H39ClN4O3S.2ClH/c1-3-29(33(2,31)32)18-23(20-7-5-4-6-8-20)27-13-15-28(16-14-27)24(30)22(26)17-19-9-11-21(25)12-10-19;;/h9-12,20,22-23H,3-8,13-18,26H2,1-2H3;2*1H. The highest BCUT2D eigenvalue weighted by atomic mass is 35.5. The van der Waals surface area contributed by atoms with E-state index in [2.05, 4.69) is 4.90 Å². The van der Waals surface area contributed by atoms with Gasteiger partial charge >= 0.3 is 0 Å². The van der Waals surface area contributed by atoms with Crippen LogP contribution in [0, 0.1) is 5.92 Å². The quantitative estimate of drug-likeness (QED) is 0.491. The van der Waals surface area contributed by atoms with Gasteiger partial charge in [-0.1, -0.05) is 49.9 Å². The second kappa shape index (κ2) is 15.0. The van der Waals surface area contributed by atoms with E-state index in [9.17, 15) is 13.2 Å². The molecule has 1 aromatic carbocycles. The van der Waals surface area contributed by atoms with E-state index >= 15 is 0 Å². The highest BCUT2D eigenvalue weighted by Crippen LogP contribution is 2.30. The number of hydrogen-bond donors (Lipinski definition) is 1. The minimum atomic E-state index is -3.24. The number of halogens is 3. The summed E-state index contributed by atoms with van der Waals surface area (Å²) in [5.41, 5.74) is 7.25. The Morgan fingerprint density at radius 1 is 1.09 bits per heavy atom. The topological polar surface area (TPSA) is 86.9 Å². The molecular weight excluding hydrogens is 531 g/mol. The van der Waals surface area contributed by atoms with Crippen LogP contribution in [-0.4, -0.2) is 86.0 Å². The average Bonchev–Trinajstić information content (AvgIpc) is 2.80. The highest BCUT2D eigenvalue weighted by molar-refractivity contribution is 7.88. The van der Waals surface area contributed by atoms with Crippen LogP contribution in [0.2, 0.25) is 5.02 Å². The van der Waals surface area contributed by atoms with Crippen molar-refractivity contribution in [3.8, 4) is 0 Å². The number of hydrogen-bond acceptors (Lipinski definition) is 5. The Labute approximate surface area is 228 Å². The number of piperazine rings is 1. The molecule has 11 heteroatoms. The smallest absolute Gasteiger partial charge is 0.239 e. The first-order valence-electron chi connectivity index (χ1n) is 12.2. The summed E-state index contributed by atoms with van der Waals surface area (Å²) in [4.78, 5) is 17.3. The second-order valence-corrected chi connectivity index (χ2v) is 11.9. The Kier molecular flexibility index (Phi) is 13.9. The molecule has 1 saturated heterocycles.